The summed E-state index contributed by atoms with van der Waals surface area (Å²) < 4.78 is 52.2. The molecule has 406 valence electrons. The fraction of sp³-hybridized carbons (Fsp3) is 0.500. The quantitative estimate of drug-likeness (QED) is 0.0395. The molecular weight excluding hydrogens is 941 g/mol. The number of carboxylic acids is 1. The number of nitrogens with one attached hydrogen (secondary N) is 2. The molecule has 0 fully saturated rings. The number of esters is 3. The molecule has 0 bridgehead atoms. The Morgan fingerprint density at radius 1 is 0.556 bits per heavy atom. The Morgan fingerprint density at radius 2 is 0.944 bits per heavy atom. The summed E-state index contributed by atoms with van der Waals surface area (Å²) in [5, 5.41) is 14.2. The lowest BCUT2D eigenvalue weighted by molar-refractivity contribution is -0.154. The summed E-state index contributed by atoms with van der Waals surface area (Å²) in [7, 11) is 15.3. The Bertz CT molecular complexity index is 1840. The maximum atomic E-state index is 11.0. The van der Waals surface area contributed by atoms with Gasteiger partial charge in [-0.2, -0.15) is 0 Å². The zero-order valence-corrected chi connectivity index (χ0v) is 44.8. The third kappa shape index (κ3) is 35.9. The Hall–Kier alpha value is -6.10. The number of hydrogen-bond donors (Lipinski definition) is 3. The summed E-state index contributed by atoms with van der Waals surface area (Å²) in [5.74, 6) is -2.31. The summed E-state index contributed by atoms with van der Waals surface area (Å²) in [5.41, 5.74) is 4.18. The first-order valence-corrected chi connectivity index (χ1v) is 22.2. The molecule has 20 heteroatoms. The van der Waals surface area contributed by atoms with Crippen LogP contribution in [0.4, 0.5) is 11.4 Å². The van der Waals surface area contributed by atoms with Crippen molar-refractivity contribution in [2.45, 2.75) is 53.2 Å². The zero-order valence-electron chi connectivity index (χ0n) is 44.8. The molecule has 0 aliphatic heterocycles. The maximum Gasteiger partial charge on any atom is 0.337 e. The highest BCUT2D eigenvalue weighted by Crippen LogP contribution is 2.18. The number of methoxy groups -OCH3 is 10. The van der Waals surface area contributed by atoms with Gasteiger partial charge in [0.15, 0.2) is 0 Å². The molecule has 0 saturated heterocycles. The van der Waals surface area contributed by atoms with Crippen LogP contribution in [0.1, 0.15) is 66.5 Å². The van der Waals surface area contributed by atoms with Crippen LogP contribution in [-0.4, -0.2) is 170 Å². The van der Waals surface area contributed by atoms with E-state index in [1.165, 1.54) is 73.7 Å². The molecule has 3 N–H and O–H groups in total. The maximum absolute atomic E-state index is 11.0. The second kappa shape index (κ2) is 43.7. The van der Waals surface area contributed by atoms with Gasteiger partial charge in [0.1, 0.15) is 18.1 Å². The lowest BCUT2D eigenvalue weighted by Crippen LogP contribution is -2.36. The monoisotopic (exact) mass is 1020 g/mol. The molecule has 2 atom stereocenters. The molecule has 72 heavy (non-hydrogen) atoms. The number of carbonyl (C=O) groups excluding carboxylic acids is 5. The van der Waals surface area contributed by atoms with E-state index in [1.807, 2.05) is 55.5 Å². The molecule has 3 aromatic carbocycles. The number of amides is 2. The highest BCUT2D eigenvalue weighted by Gasteiger charge is 2.33. The number of carbonyl (C=O) groups is 6. The average Bonchev–Trinajstić information content (AvgIpc) is 3.36. The normalized spacial score (nSPS) is 10.8. The van der Waals surface area contributed by atoms with Crippen LogP contribution in [0.25, 0.3) is 0 Å². The molecule has 0 radical (unpaired) electrons. The minimum absolute atomic E-state index is 0.0729. The predicted molar refractivity (Wildman–Crippen MR) is 273 cm³/mol. The number of carboxylic acid groups (broad SMARTS) is 1. The molecular formula is C52H80N2O18. The van der Waals surface area contributed by atoms with Gasteiger partial charge in [-0.1, -0.05) is 30.8 Å². The van der Waals surface area contributed by atoms with Crippen molar-refractivity contribution in [2.75, 3.05) is 128 Å². The van der Waals surface area contributed by atoms with Gasteiger partial charge in [-0.25, -0.2) is 14.4 Å². The molecule has 0 aromatic heterocycles. The highest BCUT2D eigenvalue weighted by molar-refractivity contribution is 5.93. The van der Waals surface area contributed by atoms with Crippen LogP contribution in [0.5, 0.6) is 0 Å². The molecule has 0 aliphatic carbocycles. The molecule has 2 unspecified atom stereocenters. The third-order valence-corrected chi connectivity index (χ3v) is 8.86. The summed E-state index contributed by atoms with van der Waals surface area (Å²) in [6, 6.07) is 21.6. The van der Waals surface area contributed by atoms with E-state index in [0.717, 1.165) is 28.9 Å². The van der Waals surface area contributed by atoms with Crippen molar-refractivity contribution >= 4 is 47.1 Å². The zero-order chi connectivity index (χ0) is 55.5. The molecule has 2 amide bonds. The highest BCUT2D eigenvalue weighted by atomic mass is 16.6. The first-order valence-electron chi connectivity index (χ1n) is 22.2. The smallest absolute Gasteiger partial charge is 0.337 e. The van der Waals surface area contributed by atoms with Gasteiger partial charge in [0.25, 0.3) is 0 Å². The summed E-state index contributed by atoms with van der Waals surface area (Å²) in [4.78, 5) is 65.6. The van der Waals surface area contributed by atoms with Crippen LogP contribution in [0, 0.1) is 5.41 Å². The second-order valence-corrected chi connectivity index (χ2v) is 15.4. The van der Waals surface area contributed by atoms with E-state index in [2.05, 4.69) is 36.2 Å². The lowest BCUT2D eigenvalue weighted by atomic mass is 9.93. The summed E-state index contributed by atoms with van der Waals surface area (Å²) in [6.07, 6.45) is 0.819. The third-order valence-electron chi connectivity index (χ3n) is 8.86. The first kappa shape index (κ1) is 70.2. The molecule has 0 spiro atoms. The van der Waals surface area contributed by atoms with Crippen LogP contribution < -0.4 is 10.6 Å². The van der Waals surface area contributed by atoms with E-state index in [9.17, 15) is 28.8 Å². The number of aliphatic carboxylic acids is 1. The van der Waals surface area contributed by atoms with Crippen LogP contribution >= 0.6 is 0 Å². The van der Waals surface area contributed by atoms with E-state index < -0.39 is 29.3 Å². The molecule has 0 aliphatic rings. The predicted octanol–water partition coefficient (Wildman–Crippen LogP) is 6.54. The van der Waals surface area contributed by atoms with Crippen LogP contribution in [0.15, 0.2) is 84.9 Å². The fourth-order valence-corrected chi connectivity index (χ4v) is 4.97. The molecule has 20 nitrogen and oxygen atoms in total. The molecule has 3 rings (SSSR count). The number of anilines is 2. The Labute approximate surface area is 425 Å². The van der Waals surface area contributed by atoms with Crippen LogP contribution in [-0.2, 0) is 77.7 Å². The van der Waals surface area contributed by atoms with E-state index in [4.69, 9.17) is 38.3 Å². The fourth-order valence-electron chi connectivity index (χ4n) is 4.97. The van der Waals surface area contributed by atoms with Gasteiger partial charge in [0, 0.05) is 87.7 Å². The second-order valence-electron chi connectivity index (χ2n) is 15.4. The number of ether oxygens (including phenoxy) is 11. The van der Waals surface area contributed by atoms with E-state index in [1.54, 1.807) is 49.4 Å². The Balaban J connectivity index is -0.000000834. The number of hydrogen-bond acceptors (Lipinski definition) is 17. The minimum atomic E-state index is -0.927. The van der Waals surface area contributed by atoms with Gasteiger partial charge in [-0.15, -0.1) is 0 Å². The van der Waals surface area contributed by atoms with Crippen molar-refractivity contribution in [3.63, 3.8) is 0 Å². The van der Waals surface area contributed by atoms with E-state index >= 15 is 0 Å². The molecule has 0 saturated carbocycles. The van der Waals surface area contributed by atoms with E-state index in [-0.39, 0.29) is 43.8 Å². The topological polar surface area (TPSA) is 248 Å². The van der Waals surface area contributed by atoms with Gasteiger partial charge >= 0.3 is 23.9 Å². The van der Waals surface area contributed by atoms with Crippen molar-refractivity contribution in [1.29, 1.82) is 0 Å². The van der Waals surface area contributed by atoms with Gasteiger partial charge < -0.3 is 67.8 Å². The van der Waals surface area contributed by atoms with Crippen LogP contribution in [0.2, 0.25) is 0 Å². The SMILES string of the molecule is C=C(C)C(=O)OCC(COC)OC.CC(=O)Nc1ccc(Cc2ccc(NC(C)=O)cc2)cc1.COC(=O)c1ccc(C(=O)OC)cc1.COCC(C)(COC)C(=O)O.COCC(C)OC.COCCOC. The van der Waals surface area contributed by atoms with Crippen molar-refractivity contribution < 1.29 is 86.0 Å². The molecule has 3 aromatic rings. The standard InChI is InChI=1S/C17H18N2O2.C10H10O4.C9H16O4.C7H14O4.C5H12O2.C4H10O2/c1-12(20)18-16-7-3-14(4-8-16)11-15-5-9-17(10-6-15)19-13(2)21;1-13-9(11)7-3-5-8(6-4-7)10(12)14-2;1-7(2)9(10)13-6-8(12-4)5-11-3;1-7(4-10-2,5-11-3)6(8)9;1-5(7-3)4-6-2;1-5-3-4-6-2/h3-10H,11H2,1-2H3,(H,18,20)(H,19,21);3-6H,1-2H3;8H,1,5-6H2,2-4H3;4-5H2,1-3H3,(H,8,9);5H,4H2,1-3H3;3-4H2,1-2H3. The van der Waals surface area contributed by atoms with Crippen molar-refractivity contribution in [3.8, 4) is 0 Å². The van der Waals surface area contributed by atoms with Gasteiger partial charge in [-0.05, 0) is 86.8 Å². The van der Waals surface area contributed by atoms with Crippen molar-refractivity contribution in [2.24, 2.45) is 5.41 Å². The minimum Gasteiger partial charge on any atom is -0.481 e. The van der Waals surface area contributed by atoms with E-state index in [0.29, 0.717) is 43.1 Å². The van der Waals surface area contributed by atoms with Crippen LogP contribution in [0.3, 0.4) is 0 Å². The average molecular weight is 1020 g/mol. The first-order chi connectivity index (χ1) is 34.1. The van der Waals surface area contributed by atoms with Gasteiger partial charge in [-0.3, -0.25) is 14.4 Å². The lowest BCUT2D eigenvalue weighted by Gasteiger charge is -2.22. The van der Waals surface area contributed by atoms with Gasteiger partial charge in [0.05, 0.1) is 71.1 Å². The largest absolute Gasteiger partial charge is 0.481 e. The van der Waals surface area contributed by atoms with Crippen molar-refractivity contribution in [1.82, 2.24) is 0 Å². The Kier molecular flexibility index (Phi) is 42.6. The van der Waals surface area contributed by atoms with Gasteiger partial charge in [0.2, 0.25) is 11.8 Å². The number of benzene rings is 3. The van der Waals surface area contributed by atoms with Crippen molar-refractivity contribution in [3.05, 3.63) is 107 Å². The summed E-state index contributed by atoms with van der Waals surface area (Å²) >= 11 is 0. The summed E-state index contributed by atoms with van der Waals surface area (Å²) in [6.45, 7) is 14.6. The Morgan fingerprint density at radius 3 is 1.19 bits per heavy atom. The molecule has 0 heterocycles. The number of rotatable bonds is 23.